The third kappa shape index (κ3) is 2.84. The van der Waals surface area contributed by atoms with Gasteiger partial charge in [0.2, 0.25) is 5.91 Å². The maximum absolute atomic E-state index is 12.7. The molecule has 1 aliphatic carbocycles. The molecule has 2 heterocycles. The molecule has 3 aliphatic rings. The number of carbonyl (C=O) groups excluding carboxylic acids is 2. The molecule has 2 N–H and O–H groups in total. The summed E-state index contributed by atoms with van der Waals surface area (Å²) >= 11 is 0. The number of nitrogens with one attached hydrogen (secondary N) is 1. The van der Waals surface area contributed by atoms with Crippen molar-refractivity contribution in [1.29, 1.82) is 0 Å². The zero-order valence-electron chi connectivity index (χ0n) is 14.6. The Hall–Kier alpha value is -1.79. The molecule has 7 nitrogen and oxygen atoms in total. The third-order valence-corrected chi connectivity index (χ3v) is 5.44. The number of nitrogens with zero attached hydrogens (tertiary/aromatic N) is 1. The summed E-state index contributed by atoms with van der Waals surface area (Å²) < 4.78 is 5.35. The molecule has 3 fully saturated rings. The molecule has 2 atom stereocenters. The van der Waals surface area contributed by atoms with Gasteiger partial charge in [-0.25, -0.2) is 9.59 Å². The molecule has 0 aromatic rings. The molecular weight excluding hydrogens is 312 g/mol. The molecule has 0 unspecified atom stereocenters. The van der Waals surface area contributed by atoms with E-state index in [0.29, 0.717) is 6.42 Å². The fourth-order valence-electron chi connectivity index (χ4n) is 4.51. The molecule has 0 bridgehead atoms. The Morgan fingerprint density at radius 2 is 1.92 bits per heavy atom. The fraction of sp³-hybridized carbons (Fsp3) is 0.824. The smallest absolute Gasteiger partial charge is 0.411 e. The summed E-state index contributed by atoms with van der Waals surface area (Å²) in [5.41, 5.74) is -1.71. The summed E-state index contributed by atoms with van der Waals surface area (Å²) in [6.07, 6.45) is 4.14. The highest BCUT2D eigenvalue weighted by molar-refractivity contribution is 5.90. The highest BCUT2D eigenvalue weighted by Gasteiger charge is 2.61. The van der Waals surface area contributed by atoms with Crippen molar-refractivity contribution >= 4 is 18.0 Å². The number of rotatable bonds is 1. The maximum Gasteiger partial charge on any atom is 0.411 e. The van der Waals surface area contributed by atoms with Crippen LogP contribution in [0.25, 0.3) is 0 Å². The molecule has 1 saturated carbocycles. The number of carboxylic acid groups (broad SMARTS) is 1. The summed E-state index contributed by atoms with van der Waals surface area (Å²) in [6.45, 7) is 5.33. The molecule has 0 aromatic heterocycles. The third-order valence-electron chi connectivity index (χ3n) is 5.44. The first-order chi connectivity index (χ1) is 11.1. The summed E-state index contributed by atoms with van der Waals surface area (Å²) in [4.78, 5) is 38.0. The summed E-state index contributed by atoms with van der Waals surface area (Å²) in [5.74, 6) is -1.19. The van der Waals surface area contributed by atoms with E-state index in [2.05, 4.69) is 5.32 Å². The van der Waals surface area contributed by atoms with Crippen molar-refractivity contribution in [3.63, 3.8) is 0 Å². The Bertz CT molecular complexity index is 576. The summed E-state index contributed by atoms with van der Waals surface area (Å²) in [6, 6.07) is -1.01. The predicted octanol–water partition coefficient (Wildman–Crippen LogP) is 1.90. The van der Waals surface area contributed by atoms with Gasteiger partial charge in [0.25, 0.3) is 0 Å². The fourth-order valence-corrected chi connectivity index (χ4v) is 4.51. The van der Waals surface area contributed by atoms with E-state index in [4.69, 9.17) is 4.74 Å². The van der Waals surface area contributed by atoms with Crippen LogP contribution < -0.4 is 5.32 Å². The Morgan fingerprint density at radius 3 is 2.46 bits per heavy atom. The standard InChI is InChI=1S/C17H26N2O5/c1-15(2,3)24-14(23)19-10-16(8-11(19)12(20)21)9-17(18-13(16)22)6-4-5-7-17/h11H,4-10H2,1-3H3,(H,18,22)(H,20,21)/t11-,16+/m0/s1. The van der Waals surface area contributed by atoms with Crippen LogP contribution in [0.3, 0.4) is 0 Å². The van der Waals surface area contributed by atoms with Gasteiger partial charge < -0.3 is 15.2 Å². The molecule has 2 saturated heterocycles. The number of amides is 2. The van der Waals surface area contributed by atoms with E-state index >= 15 is 0 Å². The van der Waals surface area contributed by atoms with Crippen LogP contribution >= 0.6 is 0 Å². The van der Waals surface area contributed by atoms with E-state index in [0.717, 1.165) is 25.7 Å². The molecule has 2 aliphatic heterocycles. The first-order valence-corrected chi connectivity index (χ1v) is 8.61. The van der Waals surface area contributed by atoms with Crippen LogP contribution in [0.5, 0.6) is 0 Å². The first kappa shape index (κ1) is 17.0. The van der Waals surface area contributed by atoms with Gasteiger partial charge in [0, 0.05) is 12.1 Å². The minimum Gasteiger partial charge on any atom is -0.480 e. The lowest BCUT2D eigenvalue weighted by Crippen LogP contribution is -2.44. The van der Waals surface area contributed by atoms with Crippen molar-refractivity contribution < 1.29 is 24.2 Å². The lowest BCUT2D eigenvalue weighted by molar-refractivity contribution is -0.142. The first-order valence-electron chi connectivity index (χ1n) is 8.61. The molecule has 24 heavy (non-hydrogen) atoms. The lowest BCUT2D eigenvalue weighted by atomic mass is 9.78. The van der Waals surface area contributed by atoms with Gasteiger partial charge in [-0.2, -0.15) is 0 Å². The average molecular weight is 338 g/mol. The minimum absolute atomic E-state index is 0.110. The monoisotopic (exact) mass is 338 g/mol. The van der Waals surface area contributed by atoms with Crippen LogP contribution in [0, 0.1) is 5.41 Å². The van der Waals surface area contributed by atoms with Gasteiger partial charge in [0.15, 0.2) is 0 Å². The Kier molecular flexibility index (Phi) is 3.81. The van der Waals surface area contributed by atoms with Gasteiger partial charge in [-0.1, -0.05) is 12.8 Å². The molecule has 3 rings (SSSR count). The Morgan fingerprint density at radius 1 is 1.29 bits per heavy atom. The zero-order chi connectivity index (χ0) is 17.8. The van der Waals surface area contributed by atoms with E-state index in [1.807, 2.05) is 0 Å². The Labute approximate surface area is 141 Å². The quantitative estimate of drug-likeness (QED) is 0.761. The second kappa shape index (κ2) is 5.36. The van der Waals surface area contributed by atoms with E-state index < -0.39 is 29.1 Å². The molecule has 2 spiro atoms. The molecule has 0 radical (unpaired) electrons. The highest BCUT2D eigenvalue weighted by atomic mass is 16.6. The zero-order valence-corrected chi connectivity index (χ0v) is 14.6. The van der Waals surface area contributed by atoms with Crippen LogP contribution in [0.15, 0.2) is 0 Å². The molecular formula is C17H26N2O5. The number of carbonyl (C=O) groups is 3. The predicted molar refractivity (Wildman–Crippen MR) is 85.4 cm³/mol. The summed E-state index contributed by atoms with van der Waals surface area (Å²) in [5, 5.41) is 12.7. The van der Waals surface area contributed by atoms with Crippen molar-refractivity contribution in [1.82, 2.24) is 10.2 Å². The summed E-state index contributed by atoms with van der Waals surface area (Å²) in [7, 11) is 0. The van der Waals surface area contributed by atoms with Gasteiger partial charge in [0.05, 0.1) is 5.41 Å². The van der Waals surface area contributed by atoms with Crippen molar-refractivity contribution in [2.45, 2.75) is 76.5 Å². The van der Waals surface area contributed by atoms with Gasteiger partial charge in [-0.3, -0.25) is 9.69 Å². The van der Waals surface area contributed by atoms with Crippen molar-refractivity contribution in [3.05, 3.63) is 0 Å². The SMILES string of the molecule is CC(C)(C)OC(=O)N1C[C@@]2(C[C@H]1C(=O)O)CC1(CCCC1)NC2=O. The molecule has 2 amide bonds. The van der Waals surface area contributed by atoms with E-state index in [9.17, 15) is 19.5 Å². The van der Waals surface area contributed by atoms with Crippen molar-refractivity contribution in [2.75, 3.05) is 6.54 Å². The van der Waals surface area contributed by atoms with Crippen LogP contribution in [0.2, 0.25) is 0 Å². The number of aliphatic carboxylic acids is 1. The second-order valence-electron chi connectivity index (χ2n) is 8.57. The van der Waals surface area contributed by atoms with E-state index in [-0.39, 0.29) is 24.4 Å². The minimum atomic E-state index is -1.09. The highest BCUT2D eigenvalue weighted by Crippen LogP contribution is 2.51. The number of hydrogen-bond donors (Lipinski definition) is 2. The van der Waals surface area contributed by atoms with E-state index in [1.165, 1.54) is 4.90 Å². The topological polar surface area (TPSA) is 95.9 Å². The van der Waals surface area contributed by atoms with Gasteiger partial charge in [-0.15, -0.1) is 0 Å². The largest absolute Gasteiger partial charge is 0.480 e. The number of hydrogen-bond acceptors (Lipinski definition) is 4. The normalized spacial score (nSPS) is 31.7. The van der Waals surface area contributed by atoms with Crippen molar-refractivity contribution in [2.24, 2.45) is 5.41 Å². The van der Waals surface area contributed by atoms with E-state index in [1.54, 1.807) is 20.8 Å². The number of carboxylic acids is 1. The van der Waals surface area contributed by atoms with Crippen molar-refractivity contribution in [3.8, 4) is 0 Å². The second-order valence-corrected chi connectivity index (χ2v) is 8.57. The molecule has 0 aromatic carbocycles. The maximum atomic E-state index is 12.7. The molecule has 134 valence electrons. The number of likely N-dealkylation sites (tertiary alicyclic amines) is 1. The van der Waals surface area contributed by atoms with Gasteiger partial charge in [-0.05, 0) is 46.5 Å². The average Bonchev–Trinajstić information content (AvgIpc) is 3.09. The van der Waals surface area contributed by atoms with Crippen LogP contribution in [0.4, 0.5) is 4.79 Å². The van der Waals surface area contributed by atoms with Gasteiger partial charge in [0.1, 0.15) is 11.6 Å². The van der Waals surface area contributed by atoms with Crippen LogP contribution in [0.1, 0.15) is 59.3 Å². The lowest BCUT2D eigenvalue weighted by Gasteiger charge is -2.27. The van der Waals surface area contributed by atoms with Crippen LogP contribution in [-0.4, -0.2) is 51.7 Å². The molecule has 7 heteroatoms. The number of ether oxygens (including phenoxy) is 1. The van der Waals surface area contributed by atoms with Gasteiger partial charge >= 0.3 is 12.1 Å². The van der Waals surface area contributed by atoms with Crippen LogP contribution in [-0.2, 0) is 14.3 Å². The Balaban J connectivity index is 1.84.